The second kappa shape index (κ2) is 10.2. The Kier molecular flexibility index (Phi) is 6.92. The molecule has 3 heterocycles. The van der Waals surface area contributed by atoms with Crippen LogP contribution in [0.2, 0.25) is 0 Å². The van der Waals surface area contributed by atoms with Gasteiger partial charge in [0.1, 0.15) is 18.0 Å². The molecule has 2 aliphatic heterocycles. The lowest BCUT2D eigenvalue weighted by Gasteiger charge is -2.34. The summed E-state index contributed by atoms with van der Waals surface area (Å²) in [6.07, 6.45) is 4.34. The van der Waals surface area contributed by atoms with Gasteiger partial charge in [0, 0.05) is 41.2 Å². The molecule has 2 fully saturated rings. The zero-order valence-corrected chi connectivity index (χ0v) is 19.6. The Hall–Kier alpha value is -3.11. The smallest absolute Gasteiger partial charge is 0.247 e. The van der Waals surface area contributed by atoms with Crippen LogP contribution in [-0.4, -0.2) is 58.6 Å². The molecule has 1 atom stereocenters. The number of piperidine rings is 1. The van der Waals surface area contributed by atoms with Crippen molar-refractivity contribution in [1.82, 2.24) is 19.7 Å². The first-order chi connectivity index (χ1) is 16.9. The summed E-state index contributed by atoms with van der Waals surface area (Å²) in [5.41, 5.74) is 1.72. The van der Waals surface area contributed by atoms with E-state index >= 15 is 4.39 Å². The summed E-state index contributed by atoms with van der Waals surface area (Å²) in [5, 5.41) is 10.5. The molecule has 3 aromatic rings. The molecule has 0 aliphatic carbocycles. The summed E-state index contributed by atoms with van der Waals surface area (Å²) < 4.78 is 49.1. The van der Waals surface area contributed by atoms with Gasteiger partial charge in [-0.05, 0) is 61.9 Å². The van der Waals surface area contributed by atoms with Gasteiger partial charge in [-0.15, -0.1) is 5.10 Å². The lowest BCUT2D eigenvalue weighted by molar-refractivity contribution is 0.154. The van der Waals surface area contributed by atoms with Gasteiger partial charge < -0.3 is 20.3 Å². The average Bonchev–Trinajstić information content (AvgIpc) is 3.50. The van der Waals surface area contributed by atoms with E-state index in [0.29, 0.717) is 11.6 Å². The van der Waals surface area contributed by atoms with Gasteiger partial charge in [-0.1, -0.05) is 0 Å². The number of rotatable bonds is 7. The van der Waals surface area contributed by atoms with Crippen molar-refractivity contribution in [2.45, 2.75) is 32.2 Å². The fraction of sp³-hybridized carbons (Fsp3) is 0.440. The Bertz CT molecular complexity index is 1160. The largest absolute Gasteiger partial charge is 0.381 e. The van der Waals surface area contributed by atoms with E-state index in [1.165, 1.54) is 11.0 Å². The molecule has 2 N–H and O–H groups in total. The highest BCUT2D eigenvalue weighted by molar-refractivity contribution is 5.64. The van der Waals surface area contributed by atoms with Gasteiger partial charge in [0.2, 0.25) is 5.95 Å². The number of aryl methyl sites for hydroxylation is 1. The number of nitrogens with zero attached hydrogens (tertiary/aromatic N) is 4. The molecule has 35 heavy (non-hydrogen) atoms. The van der Waals surface area contributed by atoms with Crippen molar-refractivity contribution in [3.8, 4) is 5.69 Å². The Balaban J connectivity index is 0.00000190. The molecule has 0 spiro atoms. The van der Waals surface area contributed by atoms with Crippen molar-refractivity contribution in [2.75, 3.05) is 43.5 Å². The third-order valence-corrected chi connectivity index (χ3v) is 6.55. The van der Waals surface area contributed by atoms with Gasteiger partial charge in [0.15, 0.2) is 5.82 Å². The number of halogens is 3. The molecule has 2 saturated heterocycles. The Morgan fingerprint density at radius 2 is 1.77 bits per heavy atom. The normalized spacial score (nSPS) is 19.3. The number of benzene rings is 2. The van der Waals surface area contributed by atoms with Crippen molar-refractivity contribution in [2.24, 2.45) is 5.92 Å². The molecular weight excluding hydrogens is 457 g/mol. The minimum Gasteiger partial charge on any atom is -0.381 e. The van der Waals surface area contributed by atoms with Crippen LogP contribution in [0.5, 0.6) is 0 Å². The number of anilines is 3. The average molecular weight is 491 g/mol. The predicted octanol–water partition coefficient (Wildman–Crippen LogP) is 5.14. The van der Waals surface area contributed by atoms with Crippen molar-refractivity contribution in [3.63, 3.8) is 0 Å². The number of hydrogen-bond donors (Lipinski definition) is 2. The zero-order valence-electron chi connectivity index (χ0n) is 19.6. The van der Waals surface area contributed by atoms with E-state index < -0.39 is 17.5 Å². The standard InChI is InChI=1S/C25H29F3N6O.2H2/c1-16-8-22(30-20-2-5-33(6-3-20)13-17-4-7-35-14-17)24(28)23(9-16)31-25-29-15-34(32-25)21-11-18(26)10-19(27)12-21;;/h8-12,15,17,20,30H,2-7,13-14H2,1H3,(H,31,32);2*1H. The monoisotopic (exact) mass is 490 g/mol. The molecule has 0 radical (unpaired) electrons. The third kappa shape index (κ3) is 5.76. The van der Waals surface area contributed by atoms with Crippen LogP contribution >= 0.6 is 0 Å². The van der Waals surface area contributed by atoms with Crippen molar-refractivity contribution in [3.05, 3.63) is 59.7 Å². The predicted molar refractivity (Wildman–Crippen MR) is 132 cm³/mol. The molecule has 190 valence electrons. The van der Waals surface area contributed by atoms with E-state index in [-0.39, 0.29) is 26.2 Å². The molecule has 0 amide bonds. The lowest BCUT2D eigenvalue weighted by atomic mass is 10.0. The van der Waals surface area contributed by atoms with E-state index in [2.05, 4.69) is 25.6 Å². The summed E-state index contributed by atoms with van der Waals surface area (Å²) in [4.78, 5) is 6.58. The minimum absolute atomic E-state index is 0. The molecule has 1 aromatic heterocycles. The molecule has 2 aromatic carbocycles. The number of nitrogens with one attached hydrogen (secondary N) is 2. The summed E-state index contributed by atoms with van der Waals surface area (Å²) in [5.74, 6) is -1.12. The molecule has 10 heteroatoms. The fourth-order valence-electron chi connectivity index (χ4n) is 4.77. The summed E-state index contributed by atoms with van der Waals surface area (Å²) in [6, 6.07) is 6.73. The second-order valence-electron chi connectivity index (χ2n) is 9.39. The van der Waals surface area contributed by atoms with Gasteiger partial charge in [0.05, 0.1) is 23.7 Å². The second-order valence-corrected chi connectivity index (χ2v) is 9.39. The number of likely N-dealkylation sites (tertiary alicyclic amines) is 1. The Morgan fingerprint density at radius 1 is 1.03 bits per heavy atom. The summed E-state index contributed by atoms with van der Waals surface area (Å²) in [6.45, 7) is 6.65. The van der Waals surface area contributed by atoms with Gasteiger partial charge >= 0.3 is 0 Å². The molecule has 1 unspecified atom stereocenters. The highest BCUT2D eigenvalue weighted by Gasteiger charge is 2.24. The quantitative estimate of drug-likeness (QED) is 0.478. The van der Waals surface area contributed by atoms with E-state index in [1.54, 1.807) is 12.1 Å². The van der Waals surface area contributed by atoms with Crippen LogP contribution in [0.1, 0.15) is 27.7 Å². The first-order valence-corrected chi connectivity index (χ1v) is 11.9. The molecule has 2 aliphatic rings. The zero-order chi connectivity index (χ0) is 24.4. The van der Waals surface area contributed by atoms with Crippen molar-refractivity contribution < 1.29 is 20.8 Å². The van der Waals surface area contributed by atoms with E-state index in [4.69, 9.17) is 4.74 Å². The van der Waals surface area contributed by atoms with Crippen molar-refractivity contribution >= 4 is 17.3 Å². The van der Waals surface area contributed by atoms with Crippen LogP contribution < -0.4 is 10.6 Å². The summed E-state index contributed by atoms with van der Waals surface area (Å²) >= 11 is 0. The van der Waals surface area contributed by atoms with E-state index in [1.807, 2.05) is 6.92 Å². The maximum absolute atomic E-state index is 15.4. The highest BCUT2D eigenvalue weighted by atomic mass is 19.1. The van der Waals surface area contributed by atoms with Gasteiger partial charge in [-0.25, -0.2) is 17.9 Å². The lowest BCUT2D eigenvalue weighted by Crippen LogP contribution is -2.41. The van der Waals surface area contributed by atoms with Crippen LogP contribution in [0.4, 0.5) is 30.5 Å². The number of aromatic nitrogens is 3. The maximum Gasteiger partial charge on any atom is 0.247 e. The minimum atomic E-state index is -0.719. The van der Waals surface area contributed by atoms with Crippen LogP contribution in [0.15, 0.2) is 36.7 Å². The number of ether oxygens (including phenoxy) is 1. The summed E-state index contributed by atoms with van der Waals surface area (Å²) in [7, 11) is 0. The number of hydrogen-bond acceptors (Lipinski definition) is 6. The Labute approximate surface area is 205 Å². The molecular formula is C25H33F3N6O. The van der Waals surface area contributed by atoms with Crippen LogP contribution in [-0.2, 0) is 4.74 Å². The Morgan fingerprint density at radius 3 is 2.49 bits per heavy atom. The first-order valence-electron chi connectivity index (χ1n) is 11.9. The van der Waals surface area contributed by atoms with E-state index in [0.717, 1.165) is 75.9 Å². The third-order valence-electron chi connectivity index (χ3n) is 6.55. The van der Waals surface area contributed by atoms with Gasteiger partial charge in [0.25, 0.3) is 0 Å². The topological polar surface area (TPSA) is 67.2 Å². The molecule has 7 nitrogen and oxygen atoms in total. The fourth-order valence-corrected chi connectivity index (χ4v) is 4.77. The SMILES string of the molecule is Cc1cc(Nc2ncn(-c3cc(F)cc(F)c3)n2)c(F)c(NC2CCN(CC3CCOC3)CC2)c1.[HH].[HH]. The van der Waals surface area contributed by atoms with Crippen molar-refractivity contribution in [1.29, 1.82) is 0 Å². The van der Waals surface area contributed by atoms with Crippen LogP contribution in [0.25, 0.3) is 5.69 Å². The highest BCUT2D eigenvalue weighted by Crippen LogP contribution is 2.29. The maximum atomic E-state index is 15.4. The van der Waals surface area contributed by atoms with Gasteiger partial charge in [-0.3, -0.25) is 0 Å². The van der Waals surface area contributed by atoms with E-state index in [9.17, 15) is 8.78 Å². The van der Waals surface area contributed by atoms with Gasteiger partial charge in [-0.2, -0.15) is 4.98 Å². The van der Waals surface area contributed by atoms with Crippen LogP contribution in [0.3, 0.4) is 0 Å². The first kappa shape index (κ1) is 23.6. The molecule has 5 rings (SSSR count). The molecule has 0 saturated carbocycles. The van der Waals surface area contributed by atoms with Crippen LogP contribution in [0, 0.1) is 30.3 Å². The molecule has 0 bridgehead atoms.